The normalized spacial score (nSPS) is 16.9. The van der Waals surface area contributed by atoms with Crippen LogP contribution in [0.15, 0.2) is 12.1 Å². The Morgan fingerprint density at radius 2 is 2.12 bits per heavy atom. The molecular weight excluding hydrogens is 230 g/mol. The van der Waals surface area contributed by atoms with E-state index in [9.17, 15) is 0 Å². The highest BCUT2D eigenvalue weighted by Gasteiger charge is 2.08. The molecule has 0 saturated carbocycles. The lowest BCUT2D eigenvalue weighted by Gasteiger charge is -2.26. The number of thiophene rings is 1. The molecule has 1 aromatic heterocycles. The fourth-order valence-electron chi connectivity index (χ4n) is 2.16. The average molecular weight is 249 g/mol. The van der Waals surface area contributed by atoms with E-state index < -0.39 is 0 Å². The maximum atomic E-state index is 8.73. The molecule has 0 amide bonds. The third-order valence-electron chi connectivity index (χ3n) is 3.12. The number of nitrogens with one attached hydrogen (secondary N) is 1. The smallest absolute Gasteiger partial charge is 0.110 e. The van der Waals surface area contributed by atoms with Gasteiger partial charge in [-0.2, -0.15) is 5.26 Å². The molecule has 1 aliphatic rings. The summed E-state index contributed by atoms with van der Waals surface area (Å²) in [6.07, 6.45) is 4.11. The number of rotatable bonds is 5. The summed E-state index contributed by atoms with van der Waals surface area (Å²) in [6.45, 7) is 5.61. The minimum Gasteiger partial charge on any atom is -0.311 e. The van der Waals surface area contributed by atoms with Gasteiger partial charge in [-0.3, -0.25) is 0 Å². The number of hydrogen-bond acceptors (Lipinski definition) is 4. The highest BCUT2D eigenvalue weighted by molar-refractivity contribution is 7.12. The number of nitrogens with zero attached hydrogens (tertiary/aromatic N) is 2. The van der Waals surface area contributed by atoms with Gasteiger partial charge in [0.05, 0.1) is 0 Å². The summed E-state index contributed by atoms with van der Waals surface area (Å²) < 4.78 is 0. The molecule has 0 aromatic carbocycles. The third kappa shape index (κ3) is 4.12. The van der Waals surface area contributed by atoms with Gasteiger partial charge in [0, 0.05) is 24.5 Å². The summed E-state index contributed by atoms with van der Waals surface area (Å²) in [7, 11) is 0. The van der Waals surface area contributed by atoms with Crippen molar-refractivity contribution in [3.05, 3.63) is 21.9 Å². The Kier molecular flexibility index (Phi) is 4.99. The van der Waals surface area contributed by atoms with Gasteiger partial charge in [0.2, 0.25) is 0 Å². The lowest BCUT2D eigenvalue weighted by Crippen LogP contribution is -2.35. The van der Waals surface area contributed by atoms with Crippen LogP contribution in [0.5, 0.6) is 0 Å². The van der Waals surface area contributed by atoms with Crippen LogP contribution in [-0.2, 0) is 6.54 Å². The van der Waals surface area contributed by atoms with Gasteiger partial charge in [0.1, 0.15) is 10.9 Å². The lowest BCUT2D eigenvalue weighted by molar-refractivity contribution is 0.229. The Labute approximate surface area is 107 Å². The predicted octanol–water partition coefficient (Wildman–Crippen LogP) is 2.20. The van der Waals surface area contributed by atoms with Crippen molar-refractivity contribution in [3.8, 4) is 6.07 Å². The van der Waals surface area contributed by atoms with Crippen molar-refractivity contribution in [1.29, 1.82) is 5.26 Å². The Morgan fingerprint density at radius 1 is 1.29 bits per heavy atom. The van der Waals surface area contributed by atoms with E-state index in [1.54, 1.807) is 11.3 Å². The molecule has 0 atom stereocenters. The van der Waals surface area contributed by atoms with Crippen LogP contribution < -0.4 is 5.32 Å². The molecule has 4 heteroatoms. The fourth-order valence-corrected chi connectivity index (χ4v) is 2.94. The zero-order valence-electron chi connectivity index (χ0n) is 10.1. The van der Waals surface area contributed by atoms with Crippen molar-refractivity contribution in [2.24, 2.45) is 0 Å². The van der Waals surface area contributed by atoms with Gasteiger partial charge < -0.3 is 10.2 Å². The lowest BCUT2D eigenvalue weighted by atomic mass is 10.1. The minimum absolute atomic E-state index is 0.804. The second kappa shape index (κ2) is 6.75. The van der Waals surface area contributed by atoms with Crippen molar-refractivity contribution < 1.29 is 0 Å². The molecule has 17 heavy (non-hydrogen) atoms. The van der Waals surface area contributed by atoms with Gasteiger partial charge in [0.15, 0.2) is 0 Å². The van der Waals surface area contributed by atoms with Crippen LogP contribution in [0.4, 0.5) is 0 Å². The first kappa shape index (κ1) is 12.6. The first-order valence-corrected chi connectivity index (χ1v) is 7.12. The number of hydrogen-bond donors (Lipinski definition) is 1. The molecule has 0 spiro atoms. The maximum Gasteiger partial charge on any atom is 0.110 e. The first-order valence-electron chi connectivity index (χ1n) is 6.30. The molecule has 1 saturated heterocycles. The van der Waals surface area contributed by atoms with Gasteiger partial charge in [-0.25, -0.2) is 0 Å². The highest BCUT2D eigenvalue weighted by Crippen LogP contribution is 2.14. The molecule has 1 fully saturated rings. The molecule has 92 valence electrons. The summed E-state index contributed by atoms with van der Waals surface area (Å²) in [5.41, 5.74) is 0. The standard InChI is InChI=1S/C13H19N3S/c14-10-12-4-5-13(17-12)11-15-6-9-16-7-2-1-3-8-16/h4-5,15H,1-3,6-9,11H2. The molecule has 1 aromatic rings. The Balaban J connectivity index is 1.61. The van der Waals surface area contributed by atoms with E-state index >= 15 is 0 Å². The van der Waals surface area contributed by atoms with Crippen molar-refractivity contribution in [2.75, 3.05) is 26.2 Å². The second-order valence-electron chi connectivity index (χ2n) is 4.46. The minimum atomic E-state index is 0.804. The summed E-state index contributed by atoms with van der Waals surface area (Å²) in [6, 6.07) is 6.11. The molecule has 0 bridgehead atoms. The summed E-state index contributed by atoms with van der Waals surface area (Å²) in [5, 5.41) is 12.2. The number of nitriles is 1. The monoisotopic (exact) mass is 249 g/mol. The topological polar surface area (TPSA) is 39.1 Å². The first-order chi connectivity index (χ1) is 8.38. The van der Waals surface area contributed by atoms with Crippen LogP contribution in [-0.4, -0.2) is 31.1 Å². The summed E-state index contributed by atoms with van der Waals surface area (Å²) in [5.74, 6) is 0. The van der Waals surface area contributed by atoms with Crippen molar-refractivity contribution >= 4 is 11.3 Å². The van der Waals surface area contributed by atoms with E-state index in [1.165, 1.54) is 37.2 Å². The molecule has 1 N–H and O–H groups in total. The van der Waals surface area contributed by atoms with Gasteiger partial charge in [-0.1, -0.05) is 6.42 Å². The predicted molar refractivity (Wildman–Crippen MR) is 71.0 cm³/mol. The van der Waals surface area contributed by atoms with Crippen LogP contribution >= 0.6 is 11.3 Å². The molecular formula is C13H19N3S. The van der Waals surface area contributed by atoms with E-state index in [0.29, 0.717) is 0 Å². The number of piperidine rings is 1. The van der Waals surface area contributed by atoms with Gasteiger partial charge >= 0.3 is 0 Å². The van der Waals surface area contributed by atoms with Crippen LogP contribution in [0, 0.1) is 11.3 Å². The molecule has 0 unspecified atom stereocenters. The second-order valence-corrected chi connectivity index (χ2v) is 5.63. The maximum absolute atomic E-state index is 8.73. The molecule has 3 nitrogen and oxygen atoms in total. The van der Waals surface area contributed by atoms with Crippen molar-refractivity contribution in [3.63, 3.8) is 0 Å². The van der Waals surface area contributed by atoms with Gasteiger partial charge in [-0.05, 0) is 38.1 Å². The van der Waals surface area contributed by atoms with E-state index in [0.717, 1.165) is 24.5 Å². The molecule has 2 rings (SSSR count). The molecule has 1 aliphatic heterocycles. The Bertz CT molecular complexity index is 374. The van der Waals surface area contributed by atoms with Crippen LogP contribution in [0.25, 0.3) is 0 Å². The largest absolute Gasteiger partial charge is 0.311 e. The van der Waals surface area contributed by atoms with E-state index in [1.807, 2.05) is 12.1 Å². The zero-order chi connectivity index (χ0) is 11.9. The van der Waals surface area contributed by atoms with Gasteiger partial charge in [-0.15, -0.1) is 11.3 Å². The average Bonchev–Trinajstić information content (AvgIpc) is 2.84. The van der Waals surface area contributed by atoms with Gasteiger partial charge in [0.25, 0.3) is 0 Å². The van der Waals surface area contributed by atoms with Crippen LogP contribution in [0.2, 0.25) is 0 Å². The fraction of sp³-hybridized carbons (Fsp3) is 0.615. The Hall–Kier alpha value is -0.890. The number of likely N-dealkylation sites (tertiary alicyclic amines) is 1. The van der Waals surface area contributed by atoms with Crippen LogP contribution in [0.3, 0.4) is 0 Å². The van der Waals surface area contributed by atoms with Crippen molar-refractivity contribution in [2.45, 2.75) is 25.8 Å². The van der Waals surface area contributed by atoms with E-state index in [4.69, 9.17) is 5.26 Å². The molecule has 2 heterocycles. The van der Waals surface area contributed by atoms with Crippen molar-refractivity contribution in [1.82, 2.24) is 10.2 Å². The Morgan fingerprint density at radius 3 is 2.82 bits per heavy atom. The summed E-state index contributed by atoms with van der Waals surface area (Å²) >= 11 is 1.58. The summed E-state index contributed by atoms with van der Waals surface area (Å²) in [4.78, 5) is 4.59. The SMILES string of the molecule is N#Cc1ccc(CNCCN2CCCCC2)s1. The van der Waals surface area contributed by atoms with E-state index in [-0.39, 0.29) is 0 Å². The molecule has 0 aliphatic carbocycles. The quantitative estimate of drug-likeness (QED) is 0.813. The van der Waals surface area contributed by atoms with Crippen LogP contribution in [0.1, 0.15) is 29.0 Å². The third-order valence-corrected chi connectivity index (χ3v) is 4.11. The zero-order valence-corrected chi connectivity index (χ0v) is 10.9. The molecule has 0 radical (unpaired) electrons. The highest BCUT2D eigenvalue weighted by atomic mass is 32.1. The van der Waals surface area contributed by atoms with E-state index in [2.05, 4.69) is 16.3 Å².